The number of nitrogens with zero attached hydrogens (tertiary/aromatic N) is 2. The molecule has 6 nitrogen and oxygen atoms in total. The van der Waals surface area contributed by atoms with E-state index in [1.54, 1.807) is 29.5 Å². The molecule has 1 aromatic heterocycles. The van der Waals surface area contributed by atoms with Gasteiger partial charge in [0.2, 0.25) is 10.0 Å². The standard InChI is InChI=1S/C19H22N2O4S2/c1-14-17-6-12-26-18(17)5-7-21(14)19(22)15-3-2-4-16(13-15)27(23,24)20-8-10-25-11-9-20/h2-4,6,12-14H,5,7-11H2,1H3. The van der Waals surface area contributed by atoms with Crippen molar-refractivity contribution in [3.05, 3.63) is 51.7 Å². The summed E-state index contributed by atoms with van der Waals surface area (Å²) in [6.07, 6.45) is 0.842. The molecule has 0 N–H and O–H groups in total. The minimum Gasteiger partial charge on any atom is -0.379 e. The van der Waals surface area contributed by atoms with Crippen LogP contribution < -0.4 is 0 Å². The van der Waals surface area contributed by atoms with Gasteiger partial charge >= 0.3 is 0 Å². The normalized spacial score (nSPS) is 21.1. The number of carbonyl (C=O) groups excluding carboxylic acids is 1. The van der Waals surface area contributed by atoms with E-state index in [1.165, 1.54) is 20.8 Å². The van der Waals surface area contributed by atoms with Crippen LogP contribution in [0.25, 0.3) is 0 Å². The molecule has 0 radical (unpaired) electrons. The maximum absolute atomic E-state index is 13.1. The predicted octanol–water partition coefficient (Wildman–Crippen LogP) is 2.53. The monoisotopic (exact) mass is 406 g/mol. The molecule has 2 aromatic rings. The third-order valence-electron chi connectivity index (χ3n) is 5.23. The Kier molecular flexibility index (Phi) is 5.07. The first-order valence-electron chi connectivity index (χ1n) is 9.03. The third-order valence-corrected chi connectivity index (χ3v) is 8.12. The molecule has 0 aliphatic carbocycles. The third kappa shape index (κ3) is 3.42. The van der Waals surface area contributed by atoms with Gasteiger partial charge in [-0.1, -0.05) is 6.07 Å². The molecule has 2 aliphatic rings. The average Bonchev–Trinajstić information content (AvgIpc) is 3.18. The topological polar surface area (TPSA) is 66.9 Å². The summed E-state index contributed by atoms with van der Waals surface area (Å²) in [7, 11) is -3.62. The molecular weight excluding hydrogens is 384 g/mol. The van der Waals surface area contributed by atoms with Gasteiger partial charge in [-0.15, -0.1) is 11.3 Å². The number of benzene rings is 1. The van der Waals surface area contributed by atoms with Gasteiger partial charge in [0.25, 0.3) is 5.91 Å². The summed E-state index contributed by atoms with van der Waals surface area (Å²) in [5.41, 5.74) is 1.60. The molecule has 4 rings (SSSR count). The lowest BCUT2D eigenvalue weighted by molar-refractivity contribution is 0.0678. The predicted molar refractivity (Wildman–Crippen MR) is 103 cm³/mol. The number of sulfonamides is 1. The minimum atomic E-state index is -3.62. The highest BCUT2D eigenvalue weighted by molar-refractivity contribution is 7.89. The van der Waals surface area contributed by atoms with Crippen LogP contribution in [0.5, 0.6) is 0 Å². The Bertz CT molecular complexity index is 948. The number of amides is 1. The molecule has 144 valence electrons. The Morgan fingerprint density at radius 2 is 1.96 bits per heavy atom. The Morgan fingerprint density at radius 3 is 2.74 bits per heavy atom. The van der Waals surface area contributed by atoms with Crippen LogP contribution in [0.15, 0.2) is 40.6 Å². The lowest BCUT2D eigenvalue weighted by Gasteiger charge is -2.34. The van der Waals surface area contributed by atoms with E-state index in [2.05, 4.69) is 11.4 Å². The van der Waals surface area contributed by atoms with Crippen molar-refractivity contribution in [1.29, 1.82) is 0 Å². The van der Waals surface area contributed by atoms with Crippen LogP contribution in [0, 0.1) is 0 Å². The minimum absolute atomic E-state index is 0.00740. The maximum atomic E-state index is 13.1. The second-order valence-corrected chi connectivity index (χ2v) is 9.71. The van der Waals surface area contributed by atoms with E-state index in [9.17, 15) is 13.2 Å². The number of hydrogen-bond donors (Lipinski definition) is 0. The van der Waals surface area contributed by atoms with Crippen molar-refractivity contribution in [2.45, 2.75) is 24.3 Å². The maximum Gasteiger partial charge on any atom is 0.254 e. The number of hydrogen-bond acceptors (Lipinski definition) is 5. The van der Waals surface area contributed by atoms with E-state index in [0.717, 1.165) is 6.42 Å². The molecule has 1 saturated heterocycles. The van der Waals surface area contributed by atoms with Gasteiger partial charge in [-0.3, -0.25) is 4.79 Å². The fourth-order valence-corrected chi connectivity index (χ4v) is 6.10. The van der Waals surface area contributed by atoms with Crippen LogP contribution in [-0.2, 0) is 21.2 Å². The molecule has 0 saturated carbocycles. The highest BCUT2D eigenvalue weighted by Crippen LogP contribution is 2.34. The summed E-state index contributed by atoms with van der Waals surface area (Å²) in [6.45, 7) is 4.14. The van der Waals surface area contributed by atoms with E-state index in [0.29, 0.717) is 38.4 Å². The molecule has 0 spiro atoms. The number of fused-ring (bicyclic) bond motifs is 1. The van der Waals surface area contributed by atoms with E-state index in [1.807, 2.05) is 11.8 Å². The zero-order valence-electron chi connectivity index (χ0n) is 15.1. The SMILES string of the molecule is CC1c2ccsc2CCN1C(=O)c1cccc(S(=O)(=O)N2CCOCC2)c1. The second kappa shape index (κ2) is 7.35. The van der Waals surface area contributed by atoms with Crippen molar-refractivity contribution in [1.82, 2.24) is 9.21 Å². The van der Waals surface area contributed by atoms with E-state index in [4.69, 9.17) is 4.74 Å². The van der Waals surface area contributed by atoms with Crippen molar-refractivity contribution >= 4 is 27.3 Å². The number of rotatable bonds is 3. The fraction of sp³-hybridized carbons (Fsp3) is 0.421. The van der Waals surface area contributed by atoms with E-state index >= 15 is 0 Å². The van der Waals surface area contributed by atoms with Crippen molar-refractivity contribution in [2.75, 3.05) is 32.8 Å². The summed E-state index contributed by atoms with van der Waals surface area (Å²) in [5.74, 6) is -0.127. The molecule has 1 unspecified atom stereocenters. The van der Waals surface area contributed by atoms with Gasteiger partial charge in [0.05, 0.1) is 24.2 Å². The first kappa shape index (κ1) is 18.6. The molecule has 8 heteroatoms. The number of thiophene rings is 1. The van der Waals surface area contributed by atoms with Crippen LogP contribution in [0.3, 0.4) is 0 Å². The highest BCUT2D eigenvalue weighted by atomic mass is 32.2. The van der Waals surface area contributed by atoms with Crippen molar-refractivity contribution in [3.8, 4) is 0 Å². The quantitative estimate of drug-likeness (QED) is 0.786. The van der Waals surface area contributed by atoms with Gasteiger partial charge < -0.3 is 9.64 Å². The second-order valence-electron chi connectivity index (χ2n) is 6.77. The van der Waals surface area contributed by atoms with Crippen LogP contribution in [0.1, 0.15) is 33.8 Å². The van der Waals surface area contributed by atoms with Crippen molar-refractivity contribution < 1.29 is 17.9 Å². The molecule has 27 heavy (non-hydrogen) atoms. The largest absolute Gasteiger partial charge is 0.379 e. The lowest BCUT2D eigenvalue weighted by atomic mass is 10.0. The van der Waals surface area contributed by atoms with Gasteiger partial charge in [-0.05, 0) is 48.6 Å². The summed E-state index contributed by atoms with van der Waals surface area (Å²) < 4.78 is 32.4. The van der Waals surface area contributed by atoms with Crippen LogP contribution >= 0.6 is 11.3 Å². The first-order chi connectivity index (χ1) is 13.0. The van der Waals surface area contributed by atoms with Crippen molar-refractivity contribution in [3.63, 3.8) is 0 Å². The van der Waals surface area contributed by atoms with Gasteiger partial charge in [-0.2, -0.15) is 4.31 Å². The Morgan fingerprint density at radius 1 is 1.19 bits per heavy atom. The molecule has 1 atom stereocenters. The van der Waals surface area contributed by atoms with Crippen LogP contribution in [0.2, 0.25) is 0 Å². The smallest absolute Gasteiger partial charge is 0.254 e. The van der Waals surface area contributed by atoms with E-state index < -0.39 is 10.0 Å². The summed E-state index contributed by atoms with van der Waals surface area (Å²) in [4.78, 5) is 16.4. The number of morpholine rings is 1. The Balaban J connectivity index is 1.60. The van der Waals surface area contributed by atoms with E-state index in [-0.39, 0.29) is 16.8 Å². The van der Waals surface area contributed by atoms with Gasteiger partial charge in [0.1, 0.15) is 0 Å². The zero-order chi connectivity index (χ0) is 19.0. The lowest BCUT2D eigenvalue weighted by Crippen LogP contribution is -2.41. The first-order valence-corrected chi connectivity index (χ1v) is 11.4. The van der Waals surface area contributed by atoms with Gasteiger partial charge in [0, 0.05) is 30.1 Å². The molecule has 0 bridgehead atoms. The zero-order valence-corrected chi connectivity index (χ0v) is 16.8. The Labute approximate surface area is 163 Å². The summed E-state index contributed by atoms with van der Waals surface area (Å²) >= 11 is 1.73. The van der Waals surface area contributed by atoms with Crippen LogP contribution in [-0.4, -0.2) is 56.4 Å². The Hall–Kier alpha value is -1.74. The molecule has 2 aliphatic heterocycles. The number of ether oxygens (including phenoxy) is 1. The number of carbonyl (C=O) groups is 1. The molecular formula is C19H22N2O4S2. The fourth-order valence-electron chi connectivity index (χ4n) is 3.68. The molecule has 3 heterocycles. The summed E-state index contributed by atoms with van der Waals surface area (Å²) in [6, 6.07) is 8.46. The highest BCUT2D eigenvalue weighted by Gasteiger charge is 2.31. The van der Waals surface area contributed by atoms with Gasteiger partial charge in [0.15, 0.2) is 0 Å². The van der Waals surface area contributed by atoms with Crippen LogP contribution in [0.4, 0.5) is 0 Å². The van der Waals surface area contributed by atoms with Crippen molar-refractivity contribution in [2.24, 2.45) is 0 Å². The summed E-state index contributed by atoms with van der Waals surface area (Å²) in [5, 5.41) is 2.06. The molecule has 1 amide bonds. The molecule has 1 fully saturated rings. The average molecular weight is 407 g/mol. The van der Waals surface area contributed by atoms with Gasteiger partial charge in [-0.25, -0.2) is 8.42 Å². The molecule has 1 aromatic carbocycles.